The van der Waals surface area contributed by atoms with E-state index < -0.39 is 12.6 Å². The van der Waals surface area contributed by atoms with Gasteiger partial charge in [0.2, 0.25) is 5.91 Å². The van der Waals surface area contributed by atoms with Gasteiger partial charge in [-0.05, 0) is 18.7 Å². The maximum atomic E-state index is 11.5. The molecule has 1 rings (SSSR count). The predicted octanol–water partition coefficient (Wildman–Crippen LogP) is 0.446. The van der Waals surface area contributed by atoms with E-state index in [0.717, 1.165) is 5.56 Å². The summed E-state index contributed by atoms with van der Waals surface area (Å²) >= 11 is 0. The molecule has 0 unspecified atom stereocenters. The predicted molar refractivity (Wildman–Crippen MR) is 66.3 cm³/mol. The van der Waals surface area contributed by atoms with E-state index in [9.17, 15) is 9.59 Å². The molecule has 0 aliphatic carbocycles. The molecule has 0 bridgehead atoms. The molecular formula is C12H16N2O4. The number of rotatable bonds is 7. The largest absolute Gasteiger partial charge is 0.480 e. The van der Waals surface area contributed by atoms with E-state index in [1.807, 2.05) is 25.2 Å². The van der Waals surface area contributed by atoms with Gasteiger partial charge in [0, 0.05) is 12.2 Å². The van der Waals surface area contributed by atoms with Crippen molar-refractivity contribution in [2.75, 3.05) is 25.6 Å². The van der Waals surface area contributed by atoms with Crippen molar-refractivity contribution in [1.29, 1.82) is 0 Å². The summed E-state index contributed by atoms with van der Waals surface area (Å²) in [5.41, 5.74) is 1.64. The summed E-state index contributed by atoms with van der Waals surface area (Å²) < 4.78 is 4.70. The molecule has 1 aromatic rings. The lowest BCUT2D eigenvalue weighted by molar-refractivity contribution is -0.143. The zero-order valence-corrected chi connectivity index (χ0v) is 10.1. The van der Waals surface area contributed by atoms with Gasteiger partial charge in [-0.3, -0.25) is 4.79 Å². The summed E-state index contributed by atoms with van der Waals surface area (Å²) in [4.78, 5) is 21.7. The van der Waals surface area contributed by atoms with Gasteiger partial charge in [-0.25, -0.2) is 4.79 Å². The van der Waals surface area contributed by atoms with Crippen LogP contribution >= 0.6 is 0 Å². The van der Waals surface area contributed by atoms with Crippen molar-refractivity contribution in [2.45, 2.75) is 6.54 Å². The van der Waals surface area contributed by atoms with Crippen molar-refractivity contribution in [1.82, 2.24) is 5.32 Å². The quantitative estimate of drug-likeness (QED) is 0.655. The summed E-state index contributed by atoms with van der Waals surface area (Å²) in [7, 11) is 1.81. The van der Waals surface area contributed by atoms with E-state index in [2.05, 4.69) is 10.6 Å². The van der Waals surface area contributed by atoms with Gasteiger partial charge in [-0.2, -0.15) is 0 Å². The molecule has 0 radical (unpaired) electrons. The fourth-order valence-electron chi connectivity index (χ4n) is 1.40. The molecule has 1 aromatic carbocycles. The Labute approximate surface area is 105 Å². The summed E-state index contributed by atoms with van der Waals surface area (Å²) in [6, 6.07) is 7.36. The highest BCUT2D eigenvalue weighted by molar-refractivity contribution is 5.92. The molecule has 3 N–H and O–H groups in total. The minimum Gasteiger partial charge on any atom is -0.480 e. The van der Waals surface area contributed by atoms with Crippen LogP contribution in [0.4, 0.5) is 5.69 Å². The average molecular weight is 252 g/mol. The molecule has 0 spiro atoms. The highest BCUT2D eigenvalue weighted by atomic mass is 16.5. The molecule has 98 valence electrons. The number of carboxylic acid groups (broad SMARTS) is 1. The van der Waals surface area contributed by atoms with Gasteiger partial charge in [0.1, 0.15) is 13.2 Å². The van der Waals surface area contributed by atoms with Crippen LogP contribution in [-0.2, 0) is 20.9 Å². The molecule has 6 heteroatoms. The molecule has 0 aliphatic heterocycles. The first-order valence-corrected chi connectivity index (χ1v) is 5.45. The summed E-state index contributed by atoms with van der Waals surface area (Å²) in [6.45, 7) is -0.127. The second kappa shape index (κ2) is 7.41. The van der Waals surface area contributed by atoms with Crippen LogP contribution in [-0.4, -0.2) is 37.2 Å². The first-order valence-electron chi connectivity index (χ1n) is 5.45. The minimum atomic E-state index is -1.10. The Morgan fingerprint density at radius 1 is 1.28 bits per heavy atom. The number of para-hydroxylation sites is 1. The third kappa shape index (κ3) is 4.94. The van der Waals surface area contributed by atoms with Crippen LogP contribution in [0.25, 0.3) is 0 Å². The molecule has 6 nitrogen and oxygen atoms in total. The Bertz CT molecular complexity index is 420. The van der Waals surface area contributed by atoms with Crippen molar-refractivity contribution in [2.24, 2.45) is 0 Å². The number of hydrogen-bond acceptors (Lipinski definition) is 4. The third-order valence-corrected chi connectivity index (χ3v) is 2.12. The second-order valence-corrected chi connectivity index (χ2v) is 3.62. The van der Waals surface area contributed by atoms with Crippen molar-refractivity contribution in [3.05, 3.63) is 29.8 Å². The molecule has 0 aliphatic rings. The van der Waals surface area contributed by atoms with Crippen LogP contribution in [0.2, 0.25) is 0 Å². The number of nitrogens with one attached hydrogen (secondary N) is 2. The van der Waals surface area contributed by atoms with Gasteiger partial charge < -0.3 is 20.5 Å². The number of amides is 1. The van der Waals surface area contributed by atoms with Gasteiger partial charge in [0.15, 0.2) is 0 Å². The lowest BCUT2D eigenvalue weighted by Crippen LogP contribution is -2.21. The van der Waals surface area contributed by atoms with Gasteiger partial charge in [-0.15, -0.1) is 0 Å². The molecular weight excluding hydrogens is 236 g/mol. The summed E-state index contributed by atoms with van der Waals surface area (Å²) in [5.74, 6) is -1.47. The van der Waals surface area contributed by atoms with Crippen LogP contribution in [0, 0.1) is 0 Å². The van der Waals surface area contributed by atoms with E-state index >= 15 is 0 Å². The molecule has 0 fully saturated rings. The highest BCUT2D eigenvalue weighted by Gasteiger charge is 2.07. The standard InChI is InChI=1S/C12H16N2O4/c1-13-6-9-4-2-3-5-10(9)14-11(15)7-18-8-12(16)17/h2-5,13H,6-8H2,1H3,(H,14,15)(H,16,17). The third-order valence-electron chi connectivity index (χ3n) is 2.12. The van der Waals surface area contributed by atoms with Crippen LogP contribution in [0.5, 0.6) is 0 Å². The average Bonchev–Trinajstić information content (AvgIpc) is 2.31. The minimum absolute atomic E-state index is 0.278. The first-order chi connectivity index (χ1) is 8.63. The Morgan fingerprint density at radius 2 is 2.00 bits per heavy atom. The van der Waals surface area contributed by atoms with Gasteiger partial charge >= 0.3 is 5.97 Å². The number of anilines is 1. The van der Waals surface area contributed by atoms with Crippen molar-refractivity contribution >= 4 is 17.6 Å². The molecule has 0 saturated heterocycles. The van der Waals surface area contributed by atoms with E-state index in [4.69, 9.17) is 9.84 Å². The zero-order chi connectivity index (χ0) is 13.4. The number of carbonyl (C=O) groups excluding carboxylic acids is 1. The normalized spacial score (nSPS) is 10.1. The van der Waals surface area contributed by atoms with Crippen LogP contribution in [0.15, 0.2) is 24.3 Å². The zero-order valence-electron chi connectivity index (χ0n) is 10.1. The van der Waals surface area contributed by atoms with Crippen molar-refractivity contribution in [3.8, 4) is 0 Å². The van der Waals surface area contributed by atoms with Crippen LogP contribution in [0.3, 0.4) is 0 Å². The topological polar surface area (TPSA) is 87.7 Å². The monoisotopic (exact) mass is 252 g/mol. The number of ether oxygens (including phenoxy) is 1. The lowest BCUT2D eigenvalue weighted by Gasteiger charge is -2.10. The molecule has 0 heterocycles. The summed E-state index contributed by atoms with van der Waals surface area (Å²) in [6.07, 6.45) is 0. The van der Waals surface area contributed by atoms with Gasteiger partial charge in [0.25, 0.3) is 0 Å². The molecule has 18 heavy (non-hydrogen) atoms. The molecule has 0 aromatic heterocycles. The fourth-order valence-corrected chi connectivity index (χ4v) is 1.40. The number of carboxylic acids is 1. The van der Waals surface area contributed by atoms with E-state index in [1.165, 1.54) is 0 Å². The number of carbonyl (C=O) groups is 2. The lowest BCUT2D eigenvalue weighted by atomic mass is 10.2. The van der Waals surface area contributed by atoms with Crippen molar-refractivity contribution in [3.63, 3.8) is 0 Å². The number of hydrogen-bond donors (Lipinski definition) is 3. The van der Waals surface area contributed by atoms with E-state index in [0.29, 0.717) is 12.2 Å². The summed E-state index contributed by atoms with van der Waals surface area (Å²) in [5, 5.41) is 14.0. The molecule has 0 atom stereocenters. The fraction of sp³-hybridized carbons (Fsp3) is 0.333. The van der Waals surface area contributed by atoms with Crippen LogP contribution in [0.1, 0.15) is 5.56 Å². The highest BCUT2D eigenvalue weighted by Crippen LogP contribution is 2.14. The van der Waals surface area contributed by atoms with Gasteiger partial charge in [0.05, 0.1) is 0 Å². The maximum absolute atomic E-state index is 11.5. The Hall–Kier alpha value is -1.92. The second-order valence-electron chi connectivity index (χ2n) is 3.62. The Balaban J connectivity index is 2.50. The number of benzene rings is 1. The molecule has 0 saturated carbocycles. The number of aliphatic carboxylic acids is 1. The first kappa shape index (κ1) is 14.1. The SMILES string of the molecule is CNCc1ccccc1NC(=O)COCC(=O)O. The van der Waals surface area contributed by atoms with Crippen LogP contribution < -0.4 is 10.6 Å². The van der Waals surface area contributed by atoms with E-state index in [1.54, 1.807) is 6.07 Å². The van der Waals surface area contributed by atoms with Gasteiger partial charge in [-0.1, -0.05) is 18.2 Å². The van der Waals surface area contributed by atoms with E-state index in [-0.39, 0.29) is 12.5 Å². The van der Waals surface area contributed by atoms with Crippen molar-refractivity contribution < 1.29 is 19.4 Å². The Kier molecular flexibility index (Phi) is 5.83. The molecule has 1 amide bonds. The maximum Gasteiger partial charge on any atom is 0.329 e. The smallest absolute Gasteiger partial charge is 0.329 e. The Morgan fingerprint density at radius 3 is 2.67 bits per heavy atom.